The highest BCUT2D eigenvalue weighted by Crippen LogP contribution is 2.17. The Balaban J connectivity index is 2.01. The first kappa shape index (κ1) is 20.2. The van der Waals surface area contributed by atoms with Crippen LogP contribution in [-0.4, -0.2) is 38.1 Å². The Hall–Kier alpha value is -2.13. The third kappa shape index (κ3) is 5.18. The zero-order chi connectivity index (χ0) is 19.3. The molecule has 0 amide bonds. The van der Waals surface area contributed by atoms with Gasteiger partial charge in [-0.15, -0.1) is 0 Å². The van der Waals surface area contributed by atoms with Gasteiger partial charge in [-0.25, -0.2) is 13.2 Å². The van der Waals surface area contributed by atoms with Crippen molar-refractivity contribution in [3.8, 4) is 0 Å². The van der Waals surface area contributed by atoms with E-state index in [-0.39, 0.29) is 10.7 Å². The smallest absolute Gasteiger partial charge is 0.350 e. The van der Waals surface area contributed by atoms with Crippen LogP contribution in [0.3, 0.4) is 0 Å². The van der Waals surface area contributed by atoms with Gasteiger partial charge in [0.1, 0.15) is 6.54 Å². The van der Waals surface area contributed by atoms with E-state index < -0.39 is 22.5 Å². The molecule has 2 N–H and O–H groups in total. The predicted octanol–water partition coefficient (Wildman–Crippen LogP) is 2.48. The number of hydrogen-bond donors (Lipinski definition) is 1. The number of nitrogens with zero attached hydrogens (tertiary/aromatic N) is 2. The molecule has 2 aromatic carbocycles. The molecule has 2 aromatic rings. The maximum Gasteiger partial charge on any atom is 0.350 e. The number of carbonyl (C=O) groups excluding carboxylic acids is 1. The second kappa shape index (κ2) is 8.50. The average molecular weight is 416 g/mol. The summed E-state index contributed by atoms with van der Waals surface area (Å²) in [5.41, 5.74) is 6.20. The molecule has 7 nitrogen and oxygen atoms in total. The van der Waals surface area contributed by atoms with E-state index in [1.807, 2.05) is 0 Å². The van der Waals surface area contributed by atoms with E-state index in [9.17, 15) is 13.2 Å². The van der Waals surface area contributed by atoms with Crippen LogP contribution in [0.2, 0.25) is 10.0 Å². The lowest BCUT2D eigenvalue weighted by atomic mass is 10.2. The standard InChI is InChI=1S/C16H15Cl2N3O4S/c1-21(26(23,24)14-8-6-13(18)7-9-14)10-15(22)25-20-16(19)11-2-4-12(17)5-3-11/h2-9H,10H2,1H3,(H2,19,20). The lowest BCUT2D eigenvalue weighted by Crippen LogP contribution is -2.32. The number of rotatable bonds is 6. The van der Waals surface area contributed by atoms with Gasteiger partial charge in [-0.2, -0.15) is 4.31 Å². The number of nitrogens with two attached hydrogens (primary N) is 1. The van der Waals surface area contributed by atoms with Crippen molar-refractivity contribution in [3.05, 3.63) is 64.1 Å². The van der Waals surface area contributed by atoms with Crippen LogP contribution in [0.5, 0.6) is 0 Å². The van der Waals surface area contributed by atoms with Crippen molar-refractivity contribution < 1.29 is 18.0 Å². The van der Waals surface area contributed by atoms with Crippen molar-refractivity contribution in [3.63, 3.8) is 0 Å². The Bertz CT molecular complexity index is 914. The number of hydrogen-bond acceptors (Lipinski definition) is 5. The fourth-order valence-electron chi connectivity index (χ4n) is 1.86. The monoisotopic (exact) mass is 415 g/mol. The molecule has 0 atom stereocenters. The number of amidine groups is 1. The van der Waals surface area contributed by atoms with E-state index in [0.717, 1.165) is 4.31 Å². The van der Waals surface area contributed by atoms with Gasteiger partial charge in [-0.05, 0) is 48.5 Å². The van der Waals surface area contributed by atoms with Crippen LogP contribution in [0.15, 0.2) is 58.6 Å². The van der Waals surface area contributed by atoms with Gasteiger partial charge in [-0.1, -0.05) is 28.4 Å². The highest BCUT2D eigenvalue weighted by atomic mass is 35.5. The molecule has 0 saturated carbocycles. The molecule has 0 unspecified atom stereocenters. The molecule has 26 heavy (non-hydrogen) atoms. The van der Waals surface area contributed by atoms with Gasteiger partial charge in [-0.3, -0.25) is 0 Å². The van der Waals surface area contributed by atoms with E-state index in [1.54, 1.807) is 24.3 Å². The van der Waals surface area contributed by atoms with Crippen molar-refractivity contribution in [2.24, 2.45) is 10.9 Å². The molecule has 138 valence electrons. The number of benzene rings is 2. The minimum Gasteiger partial charge on any atom is -0.380 e. The predicted molar refractivity (Wildman–Crippen MR) is 99.5 cm³/mol. The molecule has 0 bridgehead atoms. The summed E-state index contributed by atoms with van der Waals surface area (Å²) in [6.07, 6.45) is 0. The van der Waals surface area contributed by atoms with Crippen LogP contribution in [0.25, 0.3) is 0 Å². The fraction of sp³-hybridized carbons (Fsp3) is 0.125. The SMILES string of the molecule is CN(CC(=O)O/N=C(\N)c1ccc(Cl)cc1)S(=O)(=O)c1ccc(Cl)cc1. The van der Waals surface area contributed by atoms with Gasteiger partial charge < -0.3 is 10.6 Å². The van der Waals surface area contributed by atoms with Crippen molar-refractivity contribution in [2.75, 3.05) is 13.6 Å². The molecular formula is C16H15Cl2N3O4S. The molecular weight excluding hydrogens is 401 g/mol. The molecule has 0 aromatic heterocycles. The van der Waals surface area contributed by atoms with E-state index in [0.29, 0.717) is 15.6 Å². The van der Waals surface area contributed by atoms with Crippen LogP contribution in [-0.2, 0) is 19.7 Å². The molecule has 0 aliphatic carbocycles. The Morgan fingerprint density at radius 3 is 2.12 bits per heavy atom. The summed E-state index contributed by atoms with van der Waals surface area (Å²) in [5, 5.41) is 4.43. The number of halogens is 2. The largest absolute Gasteiger partial charge is 0.380 e. The highest BCUT2D eigenvalue weighted by molar-refractivity contribution is 7.89. The summed E-state index contributed by atoms with van der Waals surface area (Å²) in [5.74, 6) is -0.930. The Morgan fingerprint density at radius 1 is 1.08 bits per heavy atom. The van der Waals surface area contributed by atoms with Crippen LogP contribution < -0.4 is 5.73 Å². The highest BCUT2D eigenvalue weighted by Gasteiger charge is 2.23. The van der Waals surface area contributed by atoms with Gasteiger partial charge >= 0.3 is 5.97 Å². The number of likely N-dealkylation sites (N-methyl/N-ethyl adjacent to an activating group) is 1. The van der Waals surface area contributed by atoms with Crippen LogP contribution in [0.1, 0.15) is 5.56 Å². The molecule has 0 heterocycles. The summed E-state index contributed by atoms with van der Waals surface area (Å²) in [6, 6.07) is 12.0. The van der Waals surface area contributed by atoms with Crippen molar-refractivity contribution in [2.45, 2.75) is 4.90 Å². The van der Waals surface area contributed by atoms with E-state index in [1.165, 1.54) is 31.3 Å². The summed E-state index contributed by atoms with van der Waals surface area (Å²) in [4.78, 5) is 16.5. The summed E-state index contributed by atoms with van der Waals surface area (Å²) in [7, 11) is -2.62. The van der Waals surface area contributed by atoms with Gasteiger partial charge in [0, 0.05) is 22.7 Å². The first-order valence-electron chi connectivity index (χ1n) is 7.21. The first-order chi connectivity index (χ1) is 12.2. The van der Waals surface area contributed by atoms with E-state index in [4.69, 9.17) is 28.9 Å². The van der Waals surface area contributed by atoms with Crippen LogP contribution >= 0.6 is 23.2 Å². The minimum atomic E-state index is -3.87. The van der Waals surface area contributed by atoms with Crippen molar-refractivity contribution >= 4 is 45.0 Å². The molecule has 0 aliphatic rings. The minimum absolute atomic E-state index is 0.00128. The van der Waals surface area contributed by atoms with Crippen molar-refractivity contribution in [1.29, 1.82) is 0 Å². The van der Waals surface area contributed by atoms with Crippen molar-refractivity contribution in [1.82, 2.24) is 4.31 Å². The molecule has 0 spiro atoms. The number of oxime groups is 1. The number of sulfonamides is 1. The molecule has 0 aliphatic heterocycles. The lowest BCUT2D eigenvalue weighted by molar-refractivity contribution is -0.143. The van der Waals surface area contributed by atoms with Gasteiger partial charge in [0.15, 0.2) is 5.84 Å². The fourth-order valence-corrected chi connectivity index (χ4v) is 3.22. The summed E-state index contributed by atoms with van der Waals surface area (Å²) in [6.45, 7) is -0.539. The van der Waals surface area contributed by atoms with Gasteiger partial charge in [0.2, 0.25) is 10.0 Å². The molecule has 0 fully saturated rings. The molecule has 10 heteroatoms. The number of carbonyl (C=O) groups is 1. The third-order valence-electron chi connectivity index (χ3n) is 3.26. The third-order valence-corrected chi connectivity index (χ3v) is 5.58. The normalized spacial score (nSPS) is 12.2. The molecule has 2 rings (SSSR count). The Morgan fingerprint density at radius 2 is 1.58 bits per heavy atom. The van der Waals surface area contributed by atoms with Gasteiger partial charge in [0.05, 0.1) is 4.90 Å². The average Bonchev–Trinajstić information content (AvgIpc) is 2.60. The van der Waals surface area contributed by atoms with Crippen LogP contribution in [0.4, 0.5) is 0 Å². The quantitative estimate of drug-likeness (QED) is 0.337. The Kier molecular flexibility index (Phi) is 6.60. The van der Waals surface area contributed by atoms with E-state index in [2.05, 4.69) is 9.99 Å². The summed E-state index contributed by atoms with van der Waals surface area (Å²) < 4.78 is 25.6. The Labute approximate surface area is 161 Å². The summed E-state index contributed by atoms with van der Waals surface area (Å²) >= 11 is 11.5. The lowest BCUT2D eigenvalue weighted by Gasteiger charge is -2.15. The zero-order valence-electron chi connectivity index (χ0n) is 13.6. The maximum atomic E-state index is 12.4. The van der Waals surface area contributed by atoms with Crippen LogP contribution in [0, 0.1) is 0 Å². The van der Waals surface area contributed by atoms with E-state index >= 15 is 0 Å². The van der Waals surface area contributed by atoms with Gasteiger partial charge in [0.25, 0.3) is 0 Å². The zero-order valence-corrected chi connectivity index (χ0v) is 15.9. The first-order valence-corrected chi connectivity index (χ1v) is 9.41. The molecule has 0 radical (unpaired) electrons. The molecule has 0 saturated heterocycles. The topological polar surface area (TPSA) is 102 Å². The second-order valence-electron chi connectivity index (χ2n) is 5.16. The second-order valence-corrected chi connectivity index (χ2v) is 8.08. The maximum absolute atomic E-state index is 12.4.